The lowest BCUT2D eigenvalue weighted by molar-refractivity contribution is 0.0600. The van der Waals surface area contributed by atoms with Crippen molar-refractivity contribution >= 4 is 5.97 Å². The van der Waals surface area contributed by atoms with E-state index >= 15 is 0 Å². The molecule has 0 atom stereocenters. The fourth-order valence-electron chi connectivity index (χ4n) is 2.91. The second-order valence-electron chi connectivity index (χ2n) is 5.85. The van der Waals surface area contributed by atoms with E-state index in [-0.39, 0.29) is 5.97 Å². The minimum Gasteiger partial charge on any atom is -0.465 e. The van der Waals surface area contributed by atoms with Crippen LogP contribution in [-0.2, 0) is 11.2 Å². The van der Waals surface area contributed by atoms with Gasteiger partial charge in [-0.2, -0.15) is 0 Å². The van der Waals surface area contributed by atoms with Crippen LogP contribution in [-0.4, -0.2) is 13.1 Å². The maximum absolute atomic E-state index is 11.3. The third kappa shape index (κ3) is 4.09. The van der Waals surface area contributed by atoms with Crippen LogP contribution in [0.5, 0.6) is 0 Å². The van der Waals surface area contributed by atoms with E-state index < -0.39 is 0 Å². The molecule has 1 aromatic carbocycles. The zero-order valence-electron chi connectivity index (χ0n) is 12.0. The molecular formula is C17H24O2. The zero-order valence-corrected chi connectivity index (χ0v) is 12.0. The number of benzene rings is 1. The molecule has 0 amide bonds. The van der Waals surface area contributed by atoms with Gasteiger partial charge in [0, 0.05) is 0 Å². The summed E-state index contributed by atoms with van der Waals surface area (Å²) in [5, 5.41) is 0. The summed E-state index contributed by atoms with van der Waals surface area (Å²) in [6.45, 7) is 2.36. The van der Waals surface area contributed by atoms with E-state index in [1.807, 2.05) is 12.1 Å². The van der Waals surface area contributed by atoms with Crippen LogP contribution in [0.4, 0.5) is 0 Å². The summed E-state index contributed by atoms with van der Waals surface area (Å²) in [6, 6.07) is 7.84. The van der Waals surface area contributed by atoms with Gasteiger partial charge in [-0.15, -0.1) is 0 Å². The van der Waals surface area contributed by atoms with Gasteiger partial charge >= 0.3 is 5.97 Å². The summed E-state index contributed by atoms with van der Waals surface area (Å²) in [7, 11) is 1.42. The van der Waals surface area contributed by atoms with Crippen molar-refractivity contribution in [3.05, 3.63) is 35.4 Å². The lowest BCUT2D eigenvalue weighted by Crippen LogP contribution is -2.12. The van der Waals surface area contributed by atoms with Gasteiger partial charge in [-0.25, -0.2) is 4.79 Å². The quantitative estimate of drug-likeness (QED) is 0.757. The Kier molecular flexibility index (Phi) is 5.00. The van der Waals surface area contributed by atoms with E-state index in [4.69, 9.17) is 4.74 Å². The van der Waals surface area contributed by atoms with Gasteiger partial charge in [-0.05, 0) is 42.4 Å². The molecule has 1 fully saturated rings. The Hall–Kier alpha value is -1.31. The molecule has 19 heavy (non-hydrogen) atoms. The highest BCUT2D eigenvalue weighted by molar-refractivity contribution is 5.89. The smallest absolute Gasteiger partial charge is 0.337 e. The molecule has 0 bridgehead atoms. The molecule has 0 spiro atoms. The average Bonchev–Trinajstić information content (AvgIpc) is 2.46. The molecule has 2 rings (SSSR count). The molecule has 2 heteroatoms. The van der Waals surface area contributed by atoms with E-state index in [1.54, 1.807) is 0 Å². The van der Waals surface area contributed by atoms with Crippen molar-refractivity contribution in [3.8, 4) is 0 Å². The fourth-order valence-corrected chi connectivity index (χ4v) is 2.91. The van der Waals surface area contributed by atoms with Crippen molar-refractivity contribution in [1.82, 2.24) is 0 Å². The molecule has 0 unspecified atom stereocenters. The number of carbonyl (C=O) groups is 1. The molecule has 0 aromatic heterocycles. The monoisotopic (exact) mass is 260 g/mol. The Labute approximate surface area is 116 Å². The molecule has 0 saturated heterocycles. The number of carbonyl (C=O) groups excluding carboxylic acids is 1. The van der Waals surface area contributed by atoms with Crippen molar-refractivity contribution in [2.24, 2.45) is 11.8 Å². The van der Waals surface area contributed by atoms with Crippen LogP contribution >= 0.6 is 0 Å². The van der Waals surface area contributed by atoms with Gasteiger partial charge < -0.3 is 4.74 Å². The van der Waals surface area contributed by atoms with E-state index in [2.05, 4.69) is 19.1 Å². The maximum Gasteiger partial charge on any atom is 0.337 e. The van der Waals surface area contributed by atoms with Gasteiger partial charge in [0.15, 0.2) is 0 Å². The number of ether oxygens (including phenoxy) is 1. The van der Waals surface area contributed by atoms with Crippen LogP contribution in [0, 0.1) is 11.8 Å². The van der Waals surface area contributed by atoms with E-state index in [0.29, 0.717) is 5.56 Å². The van der Waals surface area contributed by atoms with Gasteiger partial charge in [-0.3, -0.25) is 0 Å². The normalized spacial score (nSPS) is 23.1. The number of hydrogen-bond acceptors (Lipinski definition) is 2. The third-order valence-electron chi connectivity index (χ3n) is 4.35. The summed E-state index contributed by atoms with van der Waals surface area (Å²) in [5.41, 5.74) is 1.96. The number of methoxy groups -OCH3 is 1. The predicted molar refractivity (Wildman–Crippen MR) is 77.2 cm³/mol. The summed E-state index contributed by atoms with van der Waals surface area (Å²) < 4.78 is 4.70. The number of esters is 1. The molecule has 104 valence electrons. The first-order chi connectivity index (χ1) is 9.19. The molecular weight excluding hydrogens is 236 g/mol. The van der Waals surface area contributed by atoms with Crippen LogP contribution in [0.1, 0.15) is 54.9 Å². The second-order valence-corrected chi connectivity index (χ2v) is 5.85. The first-order valence-electron chi connectivity index (χ1n) is 7.36. The van der Waals surface area contributed by atoms with Crippen LogP contribution in [0.2, 0.25) is 0 Å². The number of rotatable bonds is 4. The van der Waals surface area contributed by atoms with Gasteiger partial charge in [0.1, 0.15) is 0 Å². The Morgan fingerprint density at radius 1 is 1.16 bits per heavy atom. The first-order valence-corrected chi connectivity index (χ1v) is 7.36. The van der Waals surface area contributed by atoms with Gasteiger partial charge in [-0.1, -0.05) is 44.7 Å². The minimum absolute atomic E-state index is 0.257. The fraction of sp³-hybridized carbons (Fsp3) is 0.588. The molecule has 0 N–H and O–H groups in total. The van der Waals surface area contributed by atoms with Gasteiger partial charge in [0.05, 0.1) is 12.7 Å². The van der Waals surface area contributed by atoms with Crippen LogP contribution < -0.4 is 0 Å². The van der Waals surface area contributed by atoms with Crippen molar-refractivity contribution in [3.63, 3.8) is 0 Å². The Balaban J connectivity index is 1.81. The minimum atomic E-state index is -0.257. The summed E-state index contributed by atoms with van der Waals surface area (Å²) in [6.07, 6.45) is 7.98. The van der Waals surface area contributed by atoms with Crippen LogP contribution in [0.15, 0.2) is 24.3 Å². The molecule has 0 heterocycles. The SMILES string of the molecule is COC(=O)c1ccc(CCC2CCC(C)CC2)cc1. The van der Waals surface area contributed by atoms with Crippen molar-refractivity contribution < 1.29 is 9.53 Å². The molecule has 0 radical (unpaired) electrons. The zero-order chi connectivity index (χ0) is 13.7. The largest absolute Gasteiger partial charge is 0.465 e. The van der Waals surface area contributed by atoms with Crippen molar-refractivity contribution in [1.29, 1.82) is 0 Å². The molecule has 1 aliphatic rings. The highest BCUT2D eigenvalue weighted by Crippen LogP contribution is 2.31. The number of hydrogen-bond donors (Lipinski definition) is 0. The third-order valence-corrected chi connectivity index (χ3v) is 4.35. The summed E-state index contributed by atoms with van der Waals surface area (Å²) in [5.74, 6) is 1.57. The van der Waals surface area contributed by atoms with Crippen LogP contribution in [0.25, 0.3) is 0 Å². The molecule has 2 nitrogen and oxygen atoms in total. The average molecular weight is 260 g/mol. The van der Waals surface area contributed by atoms with E-state index in [1.165, 1.54) is 44.8 Å². The molecule has 1 aliphatic carbocycles. The molecule has 1 aromatic rings. The predicted octanol–water partition coefficient (Wildman–Crippen LogP) is 4.23. The van der Waals surface area contributed by atoms with Crippen molar-refractivity contribution in [2.45, 2.75) is 45.4 Å². The Morgan fingerprint density at radius 3 is 2.37 bits per heavy atom. The summed E-state index contributed by atoms with van der Waals surface area (Å²) >= 11 is 0. The number of aryl methyl sites for hydroxylation is 1. The highest BCUT2D eigenvalue weighted by Gasteiger charge is 2.17. The van der Waals surface area contributed by atoms with Crippen LogP contribution in [0.3, 0.4) is 0 Å². The standard InChI is InChI=1S/C17H24O2/c1-13-3-5-14(6-4-13)7-8-15-9-11-16(12-10-15)17(18)19-2/h9-14H,3-8H2,1-2H3. The molecule has 1 saturated carbocycles. The Bertz CT molecular complexity index is 400. The van der Waals surface area contributed by atoms with Crippen molar-refractivity contribution in [2.75, 3.05) is 7.11 Å². The highest BCUT2D eigenvalue weighted by atomic mass is 16.5. The second kappa shape index (κ2) is 6.74. The lowest BCUT2D eigenvalue weighted by atomic mass is 9.80. The van der Waals surface area contributed by atoms with Gasteiger partial charge in [0.2, 0.25) is 0 Å². The first kappa shape index (κ1) is 14.1. The Morgan fingerprint density at radius 2 is 1.79 bits per heavy atom. The van der Waals surface area contributed by atoms with E-state index in [9.17, 15) is 4.79 Å². The maximum atomic E-state index is 11.3. The summed E-state index contributed by atoms with van der Waals surface area (Å²) in [4.78, 5) is 11.3. The topological polar surface area (TPSA) is 26.3 Å². The lowest BCUT2D eigenvalue weighted by Gasteiger charge is -2.26. The van der Waals surface area contributed by atoms with E-state index in [0.717, 1.165) is 18.3 Å². The van der Waals surface area contributed by atoms with Gasteiger partial charge in [0.25, 0.3) is 0 Å². The molecule has 0 aliphatic heterocycles.